The van der Waals surface area contributed by atoms with Crippen LogP contribution in [-0.2, 0) is 42.0 Å². The number of hydrogen-bond donors (Lipinski definition) is 3. The van der Waals surface area contributed by atoms with E-state index in [-0.39, 0.29) is 35.7 Å². The standard InChI is InChI=1S/C55H80N8O8Si2/c1-38(2)49(58-54(66)68-5)52(64)61-26-13-14-45(61)51-57-34-47(63(51)37-71-29-31-73(10,11)12)43-23-19-41(20-24-43)16-15-40-17-21-42(22-18-40)44-32-46(60(35-44)36-70-28-30-72(7,8)9)48-33-56-25-27-62(48)53(65)50(39(3)4)59-55(67)69-6/h17-24,32,34-35,38-39,45,48-50,56H,13-14,25-31,33,36-37H2,1-12H3,(H,58,66)(H,59,67)/t45-,48-,49-,50-/m0/s1. The molecule has 2 fully saturated rings. The summed E-state index contributed by atoms with van der Waals surface area (Å²) in [6.07, 6.45) is 4.25. The van der Waals surface area contributed by atoms with E-state index in [9.17, 15) is 19.2 Å². The number of hydrogen-bond acceptors (Lipinski definition) is 10. The summed E-state index contributed by atoms with van der Waals surface area (Å²) in [6.45, 7) is 25.8. The van der Waals surface area contributed by atoms with Crippen LogP contribution in [0.2, 0.25) is 51.4 Å². The van der Waals surface area contributed by atoms with Crippen molar-refractivity contribution in [1.29, 1.82) is 0 Å². The van der Waals surface area contributed by atoms with Crippen molar-refractivity contribution in [3.63, 3.8) is 0 Å². The highest BCUT2D eigenvalue weighted by molar-refractivity contribution is 6.76. The second-order valence-corrected chi connectivity index (χ2v) is 33.6. The topological polar surface area (TPSA) is 171 Å². The number of carbonyl (C=O) groups excluding carboxylic acids is 4. The number of alkyl carbamates (subject to hydrolysis) is 2. The van der Waals surface area contributed by atoms with Crippen LogP contribution in [0.1, 0.15) is 75.3 Å². The third-order valence-electron chi connectivity index (χ3n) is 13.5. The first-order valence-corrected chi connectivity index (χ1v) is 33.2. The normalized spacial score (nSPS) is 17.0. The van der Waals surface area contributed by atoms with Crippen molar-refractivity contribution in [2.45, 2.75) is 130 Å². The van der Waals surface area contributed by atoms with Crippen molar-refractivity contribution in [2.75, 3.05) is 53.6 Å². The molecular weight excluding hydrogens is 957 g/mol. The summed E-state index contributed by atoms with van der Waals surface area (Å²) in [5.74, 6) is 6.86. The molecule has 0 radical (unpaired) electrons. The first-order chi connectivity index (χ1) is 34.7. The molecule has 0 aliphatic carbocycles. The van der Waals surface area contributed by atoms with Crippen LogP contribution in [0.4, 0.5) is 9.59 Å². The molecule has 2 aromatic carbocycles. The number of aromatic nitrogens is 3. The number of carbonyl (C=O) groups is 4. The zero-order valence-corrected chi connectivity index (χ0v) is 47.3. The van der Waals surface area contributed by atoms with Gasteiger partial charge < -0.3 is 53.8 Å². The molecule has 4 atom stereocenters. The Labute approximate surface area is 435 Å². The number of rotatable bonds is 20. The number of amides is 4. The predicted octanol–water partition coefficient (Wildman–Crippen LogP) is 8.94. The highest BCUT2D eigenvalue weighted by Gasteiger charge is 2.39. The lowest BCUT2D eigenvalue weighted by Gasteiger charge is -2.39. The van der Waals surface area contributed by atoms with Gasteiger partial charge in [-0.1, -0.05) is 103 Å². The first kappa shape index (κ1) is 56.6. The van der Waals surface area contributed by atoms with Crippen LogP contribution in [0.25, 0.3) is 22.4 Å². The fourth-order valence-corrected chi connectivity index (χ4v) is 10.6. The number of likely N-dealkylation sites (tertiary alicyclic amines) is 1. The maximum absolute atomic E-state index is 14.2. The van der Waals surface area contributed by atoms with Crippen molar-refractivity contribution < 1.29 is 38.1 Å². The monoisotopic (exact) mass is 1040 g/mol. The molecule has 396 valence electrons. The maximum atomic E-state index is 14.2. The summed E-state index contributed by atoms with van der Waals surface area (Å²) in [7, 11) is -0.0563. The molecule has 0 saturated carbocycles. The van der Waals surface area contributed by atoms with Crippen molar-refractivity contribution in [2.24, 2.45) is 11.8 Å². The number of benzene rings is 2. The van der Waals surface area contributed by atoms with Gasteiger partial charge in [0.1, 0.15) is 31.4 Å². The Balaban J connectivity index is 1.22. The van der Waals surface area contributed by atoms with E-state index in [0.717, 1.165) is 70.0 Å². The average molecular weight is 1040 g/mol. The van der Waals surface area contributed by atoms with Gasteiger partial charge in [-0.15, -0.1) is 0 Å². The zero-order chi connectivity index (χ0) is 53.0. The van der Waals surface area contributed by atoms with Crippen molar-refractivity contribution in [3.8, 4) is 34.2 Å². The number of methoxy groups -OCH3 is 2. The molecule has 3 N–H and O–H groups in total. The number of imidazole rings is 1. The zero-order valence-electron chi connectivity index (χ0n) is 45.3. The fourth-order valence-electron chi connectivity index (χ4n) is 9.08. The van der Waals surface area contributed by atoms with E-state index in [1.165, 1.54) is 14.2 Å². The Bertz CT molecular complexity index is 2550. The van der Waals surface area contributed by atoms with E-state index in [4.69, 9.17) is 23.9 Å². The van der Waals surface area contributed by atoms with Gasteiger partial charge in [0.2, 0.25) is 11.8 Å². The van der Waals surface area contributed by atoms with E-state index in [0.29, 0.717) is 52.9 Å². The van der Waals surface area contributed by atoms with Gasteiger partial charge >= 0.3 is 12.2 Å². The highest BCUT2D eigenvalue weighted by atomic mass is 28.3. The SMILES string of the molecule is COC(=O)N[C@H](C(=O)N1CCNC[C@H]1c1cc(-c2ccc(C#Cc3ccc(-c4cnc([C@@H]5CCCN5C(=O)[C@@H](NC(=O)OC)C(C)C)n4COCC[Si](C)(C)C)cc3)cc2)cn1COCC[Si](C)(C)C)C(C)C. The third kappa shape index (κ3) is 15.4. The Morgan fingerprint density at radius 1 is 0.712 bits per heavy atom. The Morgan fingerprint density at radius 3 is 1.75 bits per heavy atom. The largest absolute Gasteiger partial charge is 0.453 e. The lowest BCUT2D eigenvalue weighted by Crippen LogP contribution is -2.57. The highest BCUT2D eigenvalue weighted by Crippen LogP contribution is 2.36. The van der Waals surface area contributed by atoms with Crippen molar-refractivity contribution in [1.82, 2.24) is 39.9 Å². The molecule has 4 amide bonds. The fraction of sp³-hybridized carbons (Fsp3) is 0.545. The molecule has 18 heteroatoms. The number of ether oxygens (including phenoxy) is 4. The molecule has 2 aliphatic heterocycles. The summed E-state index contributed by atoms with van der Waals surface area (Å²) in [5, 5.41) is 9.01. The van der Waals surface area contributed by atoms with E-state index in [1.54, 1.807) is 0 Å². The smallest absolute Gasteiger partial charge is 0.407 e. The quantitative estimate of drug-likeness (QED) is 0.0441. The van der Waals surface area contributed by atoms with Crippen LogP contribution < -0.4 is 16.0 Å². The molecule has 4 aromatic rings. The Kier molecular flexibility index (Phi) is 19.8. The molecule has 2 saturated heterocycles. The van der Waals surface area contributed by atoms with Gasteiger partial charge in [0.15, 0.2) is 0 Å². The molecule has 73 heavy (non-hydrogen) atoms. The first-order valence-electron chi connectivity index (χ1n) is 25.8. The molecule has 6 rings (SSSR count). The summed E-state index contributed by atoms with van der Waals surface area (Å²) in [4.78, 5) is 61.4. The van der Waals surface area contributed by atoms with Gasteiger partial charge in [-0.05, 0) is 83.8 Å². The molecule has 4 heterocycles. The van der Waals surface area contributed by atoms with E-state index in [2.05, 4.69) is 101 Å². The number of nitrogens with zero attached hydrogens (tertiary/aromatic N) is 5. The molecule has 0 bridgehead atoms. The van der Waals surface area contributed by atoms with Crippen molar-refractivity contribution >= 4 is 40.1 Å². The van der Waals surface area contributed by atoms with Crippen LogP contribution >= 0.6 is 0 Å². The molecule has 0 spiro atoms. The van der Waals surface area contributed by atoms with E-state index in [1.807, 2.05) is 80.1 Å². The minimum absolute atomic E-state index is 0.141. The van der Waals surface area contributed by atoms with Crippen LogP contribution in [-0.4, -0.2) is 130 Å². The molecule has 0 unspecified atom stereocenters. The average Bonchev–Trinajstić information content (AvgIpc) is 4.13. The number of piperazine rings is 1. The van der Waals surface area contributed by atoms with Gasteiger partial charge in [-0.2, -0.15) is 0 Å². The minimum atomic E-state index is -1.34. The Hall–Kier alpha value is -5.72. The molecular formula is C55H80N8O8Si2. The van der Waals surface area contributed by atoms with Gasteiger partial charge in [-0.25, -0.2) is 14.6 Å². The van der Waals surface area contributed by atoms with Crippen LogP contribution in [0.5, 0.6) is 0 Å². The molecule has 2 aliphatic rings. The van der Waals surface area contributed by atoms with Gasteiger partial charge in [-0.3, -0.25) is 9.59 Å². The lowest BCUT2D eigenvalue weighted by atomic mass is 10.00. The summed E-state index contributed by atoms with van der Waals surface area (Å²) < 4.78 is 26.6. The van der Waals surface area contributed by atoms with Gasteiger partial charge in [0.05, 0.1) is 38.2 Å². The second kappa shape index (κ2) is 25.5. The minimum Gasteiger partial charge on any atom is -0.453 e. The van der Waals surface area contributed by atoms with E-state index >= 15 is 0 Å². The second-order valence-electron chi connectivity index (χ2n) is 22.3. The maximum Gasteiger partial charge on any atom is 0.407 e. The summed E-state index contributed by atoms with van der Waals surface area (Å²) in [6, 6.07) is 18.5. The van der Waals surface area contributed by atoms with Crippen LogP contribution in [0.3, 0.4) is 0 Å². The van der Waals surface area contributed by atoms with Crippen LogP contribution in [0.15, 0.2) is 67.0 Å². The van der Waals surface area contributed by atoms with Crippen LogP contribution in [0, 0.1) is 23.7 Å². The summed E-state index contributed by atoms with van der Waals surface area (Å²) >= 11 is 0. The molecule has 16 nitrogen and oxygen atoms in total. The molecule has 2 aromatic heterocycles. The third-order valence-corrected chi connectivity index (χ3v) is 16.9. The van der Waals surface area contributed by atoms with Crippen molar-refractivity contribution in [3.05, 3.63) is 89.6 Å². The predicted molar refractivity (Wildman–Crippen MR) is 291 cm³/mol. The van der Waals surface area contributed by atoms with E-state index < -0.39 is 40.4 Å². The van der Waals surface area contributed by atoms with Gasteiger partial charge in [0.25, 0.3) is 0 Å². The van der Waals surface area contributed by atoms with Gasteiger partial charge in [0, 0.05) is 78.6 Å². The lowest BCUT2D eigenvalue weighted by molar-refractivity contribution is -0.138. The Morgan fingerprint density at radius 2 is 1.23 bits per heavy atom. The summed E-state index contributed by atoms with van der Waals surface area (Å²) in [5.41, 5.74) is 6.51. The number of nitrogens with one attached hydrogen (secondary N) is 3.